The third-order valence-electron chi connectivity index (χ3n) is 7.44. The summed E-state index contributed by atoms with van der Waals surface area (Å²) in [6, 6.07) is 8.09. The molecular formula is C29H32FN5O4S. The van der Waals surface area contributed by atoms with Gasteiger partial charge in [-0.25, -0.2) is 9.18 Å². The fraction of sp³-hybridized carbons (Fsp3) is 0.379. The van der Waals surface area contributed by atoms with Gasteiger partial charge in [-0.05, 0) is 56.2 Å². The third kappa shape index (κ3) is 5.11. The lowest BCUT2D eigenvalue weighted by Gasteiger charge is -2.44. The van der Waals surface area contributed by atoms with Crippen LogP contribution >= 0.6 is 11.8 Å². The largest absolute Gasteiger partial charge is 0.368 e. The van der Waals surface area contributed by atoms with Gasteiger partial charge in [0.1, 0.15) is 18.2 Å². The van der Waals surface area contributed by atoms with Gasteiger partial charge in [-0.2, -0.15) is 4.98 Å². The molecular weight excluding hydrogens is 533 g/mol. The molecule has 5 rings (SSSR count). The molecule has 0 unspecified atom stereocenters. The molecule has 2 aliphatic rings. The molecule has 2 amide bonds. The van der Waals surface area contributed by atoms with Gasteiger partial charge < -0.3 is 20.3 Å². The molecule has 0 bridgehead atoms. The Kier molecular flexibility index (Phi) is 7.70. The van der Waals surface area contributed by atoms with Crippen LogP contribution in [-0.2, 0) is 20.9 Å². The van der Waals surface area contributed by atoms with E-state index in [4.69, 9.17) is 10.5 Å². The van der Waals surface area contributed by atoms with Gasteiger partial charge in [0.2, 0.25) is 11.8 Å². The lowest BCUT2D eigenvalue weighted by atomic mass is 9.97. The van der Waals surface area contributed by atoms with E-state index in [-0.39, 0.29) is 37.0 Å². The number of hydrogen-bond donors (Lipinski definition) is 1. The van der Waals surface area contributed by atoms with E-state index in [1.807, 2.05) is 26.8 Å². The fourth-order valence-corrected chi connectivity index (χ4v) is 7.15. The third-order valence-corrected chi connectivity index (χ3v) is 8.66. The van der Waals surface area contributed by atoms with Crippen molar-refractivity contribution in [3.05, 3.63) is 64.9 Å². The van der Waals surface area contributed by atoms with Gasteiger partial charge in [0.05, 0.1) is 18.2 Å². The Morgan fingerprint density at radius 1 is 1.20 bits per heavy atom. The van der Waals surface area contributed by atoms with Crippen LogP contribution in [0.4, 0.5) is 10.2 Å². The van der Waals surface area contributed by atoms with E-state index < -0.39 is 17.7 Å². The number of ether oxygens (including phenoxy) is 1. The summed E-state index contributed by atoms with van der Waals surface area (Å²) in [5.74, 6) is -0.00127. The minimum absolute atomic E-state index is 0.121. The van der Waals surface area contributed by atoms with Gasteiger partial charge >= 0.3 is 5.69 Å². The van der Waals surface area contributed by atoms with E-state index in [0.29, 0.717) is 24.7 Å². The van der Waals surface area contributed by atoms with Gasteiger partial charge in [0, 0.05) is 46.8 Å². The van der Waals surface area contributed by atoms with Gasteiger partial charge in [0.25, 0.3) is 0 Å². The second kappa shape index (κ2) is 11.1. The summed E-state index contributed by atoms with van der Waals surface area (Å²) in [7, 11) is 0. The standard InChI is InChI=1S/C29H32FN5O4S/c1-5-24(37)35-17(3)11-33(12-18(35)4)28-22-10-16(2)25(19-6-8-20(30)9-7-19)27-26(22)34(29(38)32-28)13-21(15-40-27)39-14-23(31)36/h5-10,17-18,21H,1,11-15H2,2-4H3,(H2,31,36)/t17-,18+,21-/m0/s1. The van der Waals surface area contributed by atoms with E-state index in [9.17, 15) is 18.8 Å². The Hall–Kier alpha value is -3.70. The number of benzene rings is 2. The second-order valence-electron chi connectivity index (χ2n) is 10.4. The summed E-state index contributed by atoms with van der Waals surface area (Å²) in [4.78, 5) is 46.9. The van der Waals surface area contributed by atoms with Crippen LogP contribution in [0.25, 0.3) is 22.0 Å². The number of hydrogen-bond acceptors (Lipinski definition) is 7. The summed E-state index contributed by atoms with van der Waals surface area (Å²) in [5, 5.41) is 0.809. The van der Waals surface area contributed by atoms with Crippen LogP contribution in [0.5, 0.6) is 0 Å². The fourth-order valence-electron chi connectivity index (χ4n) is 5.82. The van der Waals surface area contributed by atoms with Crippen LogP contribution in [0.2, 0.25) is 0 Å². The number of halogens is 1. The highest BCUT2D eigenvalue weighted by atomic mass is 32.2. The van der Waals surface area contributed by atoms with Crippen LogP contribution in [0.1, 0.15) is 19.4 Å². The molecule has 3 atom stereocenters. The average molecular weight is 566 g/mol. The Labute approximate surface area is 235 Å². The van der Waals surface area contributed by atoms with Crippen LogP contribution in [0.15, 0.2) is 52.7 Å². The molecule has 2 aliphatic heterocycles. The number of carbonyl (C=O) groups excluding carboxylic acids is 2. The first-order valence-corrected chi connectivity index (χ1v) is 14.1. The molecule has 11 heteroatoms. The number of piperazine rings is 1. The number of aryl methyl sites for hydroxylation is 1. The van der Waals surface area contributed by atoms with Crippen molar-refractivity contribution in [3.8, 4) is 11.1 Å². The van der Waals surface area contributed by atoms with E-state index in [0.717, 1.165) is 32.5 Å². The van der Waals surface area contributed by atoms with Crippen molar-refractivity contribution < 1.29 is 18.7 Å². The first-order valence-electron chi connectivity index (χ1n) is 13.2. The summed E-state index contributed by atoms with van der Waals surface area (Å²) < 4.78 is 21.2. The number of thioether (sulfide) groups is 1. The normalized spacial score (nSPS) is 20.9. The van der Waals surface area contributed by atoms with Crippen molar-refractivity contribution in [3.63, 3.8) is 0 Å². The number of nitrogens with two attached hydrogens (primary N) is 1. The molecule has 3 aromatic rings. The van der Waals surface area contributed by atoms with Gasteiger partial charge in [-0.1, -0.05) is 18.7 Å². The summed E-state index contributed by atoms with van der Waals surface area (Å²) >= 11 is 1.53. The monoisotopic (exact) mass is 565 g/mol. The molecule has 2 aromatic carbocycles. The maximum absolute atomic E-state index is 13.8. The summed E-state index contributed by atoms with van der Waals surface area (Å²) in [6.07, 6.45) is 0.876. The van der Waals surface area contributed by atoms with Crippen molar-refractivity contribution >= 4 is 40.3 Å². The Balaban J connectivity index is 1.69. The number of rotatable bonds is 6. The van der Waals surface area contributed by atoms with E-state index >= 15 is 0 Å². The number of anilines is 1. The second-order valence-corrected chi connectivity index (χ2v) is 11.4. The summed E-state index contributed by atoms with van der Waals surface area (Å²) in [6.45, 7) is 10.5. The number of carbonyl (C=O) groups is 2. The quantitative estimate of drug-likeness (QED) is 0.458. The SMILES string of the molecule is C=CC(=O)N1[C@H](C)CN(c2nc(=O)n3c4c(c(-c5ccc(F)cc5)c(C)cc24)SC[C@@H](OCC(N)=O)C3)C[C@@H]1C. The highest BCUT2D eigenvalue weighted by Crippen LogP contribution is 2.43. The van der Waals surface area contributed by atoms with Crippen LogP contribution in [0, 0.1) is 12.7 Å². The molecule has 0 aliphatic carbocycles. The predicted octanol–water partition coefficient (Wildman–Crippen LogP) is 3.10. The number of aromatic nitrogens is 2. The molecule has 1 aromatic heterocycles. The molecule has 210 valence electrons. The number of nitrogens with zero attached hydrogens (tertiary/aromatic N) is 4. The number of primary amides is 1. The molecule has 0 radical (unpaired) electrons. The molecule has 1 fully saturated rings. The minimum Gasteiger partial charge on any atom is -0.368 e. The van der Waals surface area contributed by atoms with E-state index in [1.54, 1.807) is 21.6 Å². The maximum Gasteiger partial charge on any atom is 0.350 e. The molecule has 40 heavy (non-hydrogen) atoms. The molecule has 1 saturated heterocycles. The van der Waals surface area contributed by atoms with Crippen molar-refractivity contribution in [1.82, 2.24) is 14.5 Å². The lowest BCUT2D eigenvalue weighted by Crippen LogP contribution is -2.58. The molecule has 0 spiro atoms. The summed E-state index contributed by atoms with van der Waals surface area (Å²) in [5.41, 5.74) is 8.29. The van der Waals surface area contributed by atoms with Gasteiger partial charge in [-0.3, -0.25) is 14.2 Å². The Morgan fingerprint density at radius 2 is 1.88 bits per heavy atom. The minimum atomic E-state index is -0.585. The van der Waals surface area contributed by atoms with Crippen LogP contribution < -0.4 is 16.3 Å². The zero-order valence-corrected chi connectivity index (χ0v) is 23.5. The van der Waals surface area contributed by atoms with Crippen LogP contribution in [0.3, 0.4) is 0 Å². The van der Waals surface area contributed by atoms with Gasteiger partial charge in [0.15, 0.2) is 0 Å². The zero-order chi connectivity index (χ0) is 28.7. The number of amides is 2. The highest BCUT2D eigenvalue weighted by Gasteiger charge is 2.34. The van der Waals surface area contributed by atoms with Crippen LogP contribution in [-0.4, -0.2) is 69.9 Å². The molecule has 9 nitrogen and oxygen atoms in total. The highest BCUT2D eigenvalue weighted by molar-refractivity contribution is 7.99. The first kappa shape index (κ1) is 27.9. The smallest absolute Gasteiger partial charge is 0.350 e. The first-order chi connectivity index (χ1) is 19.1. The predicted molar refractivity (Wildman–Crippen MR) is 154 cm³/mol. The topological polar surface area (TPSA) is 111 Å². The van der Waals surface area contributed by atoms with Crippen molar-refractivity contribution in [2.24, 2.45) is 5.73 Å². The van der Waals surface area contributed by atoms with Gasteiger partial charge in [-0.15, -0.1) is 11.8 Å². The Bertz CT molecular complexity index is 1540. The molecule has 2 N–H and O–H groups in total. The molecule has 0 saturated carbocycles. The molecule has 3 heterocycles. The van der Waals surface area contributed by atoms with Crippen molar-refractivity contribution in [1.29, 1.82) is 0 Å². The van der Waals surface area contributed by atoms with Crippen molar-refractivity contribution in [2.75, 3.05) is 30.3 Å². The maximum atomic E-state index is 13.8. The zero-order valence-electron chi connectivity index (χ0n) is 22.7. The average Bonchev–Trinajstić information content (AvgIpc) is 3.10. The lowest BCUT2D eigenvalue weighted by molar-refractivity contribution is -0.130. The Morgan fingerprint density at radius 3 is 2.50 bits per heavy atom. The van der Waals surface area contributed by atoms with E-state index in [2.05, 4.69) is 16.5 Å². The van der Waals surface area contributed by atoms with Crippen molar-refractivity contribution in [2.45, 2.75) is 50.4 Å². The van der Waals surface area contributed by atoms with E-state index in [1.165, 1.54) is 30.0 Å².